The molecule has 14 nitrogen and oxygen atoms in total. The predicted molar refractivity (Wildman–Crippen MR) is 267 cm³/mol. The van der Waals surface area contributed by atoms with Crippen LogP contribution in [0.1, 0.15) is 46.2 Å². The molecule has 6 N–H and O–H groups in total. The van der Waals surface area contributed by atoms with Crippen molar-refractivity contribution in [1.82, 2.24) is 10.6 Å². The number of nitrogens with one attached hydrogen (secondary N) is 6. The van der Waals surface area contributed by atoms with Gasteiger partial charge in [0.2, 0.25) is 12.2 Å². The molecule has 0 atom stereocenters. The summed E-state index contributed by atoms with van der Waals surface area (Å²) in [5, 5.41) is 19.4. The number of aliphatic imine (C=N–C) groups is 2. The Bertz CT molecular complexity index is 2890. The third-order valence-corrected chi connectivity index (χ3v) is 12.1. The molecule has 6 aromatic rings. The van der Waals surface area contributed by atoms with Crippen LogP contribution in [0.25, 0.3) is 33.4 Å². The fraction of sp³-hybridized carbons (Fsp3) is 0.176. The lowest BCUT2D eigenvalue weighted by molar-refractivity contribution is 0.159. The van der Waals surface area contributed by atoms with Crippen molar-refractivity contribution in [3.63, 3.8) is 0 Å². The molecule has 0 radical (unpaired) electrons. The molecular weight excluding hydrogens is 885 g/mol. The molecule has 0 heterocycles. The number of nitrogens with zero attached hydrogens (tertiary/aromatic N) is 2. The lowest BCUT2D eigenvalue weighted by Crippen LogP contribution is -2.30. The molecule has 0 saturated carbocycles. The van der Waals surface area contributed by atoms with Crippen LogP contribution in [0.3, 0.4) is 0 Å². The summed E-state index contributed by atoms with van der Waals surface area (Å²) in [6.07, 6.45) is 5.31. The minimum absolute atomic E-state index is 0.210. The zero-order valence-corrected chi connectivity index (χ0v) is 37.5. The quantitative estimate of drug-likeness (QED) is 0.0263. The smallest absolute Gasteiger partial charge is 0.411 e. The van der Waals surface area contributed by atoms with Crippen molar-refractivity contribution in [3.05, 3.63) is 143 Å². The first-order valence-electron chi connectivity index (χ1n) is 21.6. The first-order chi connectivity index (χ1) is 32.7. The molecule has 6 aromatic carbocycles. The SMILES string of the molecule is O=C=Nc1ccc2c(c1)Cc1cc(NC(=O)OCCCNC(=S)Nc3ccc4c(c3)Cc3cc(NC(=S)NCCCOC(=O)Nc5ccc6c(c5)Cc5cc(N=C=O)ccc5-6)ccc3-4)ccc1-2. The van der Waals surface area contributed by atoms with Crippen LogP contribution >= 0.6 is 24.4 Å². The van der Waals surface area contributed by atoms with Crippen LogP contribution in [0, 0.1) is 0 Å². The van der Waals surface area contributed by atoms with Crippen molar-refractivity contribution in [2.24, 2.45) is 9.98 Å². The molecule has 0 spiro atoms. The average molecular weight is 927 g/mol. The largest absolute Gasteiger partial charge is 0.449 e. The van der Waals surface area contributed by atoms with Crippen molar-refractivity contribution in [1.29, 1.82) is 0 Å². The van der Waals surface area contributed by atoms with Gasteiger partial charge >= 0.3 is 12.2 Å². The third-order valence-electron chi connectivity index (χ3n) is 11.6. The van der Waals surface area contributed by atoms with Gasteiger partial charge < -0.3 is 30.7 Å². The third kappa shape index (κ3) is 10.4. The molecule has 0 unspecified atom stereocenters. The molecule has 67 heavy (non-hydrogen) atoms. The lowest BCUT2D eigenvalue weighted by atomic mass is 10.1. The Hall–Kier alpha value is -8.00. The number of hydrogen-bond donors (Lipinski definition) is 6. The van der Waals surface area contributed by atoms with Crippen molar-refractivity contribution < 1.29 is 28.7 Å². The standard InChI is InChI=1S/C51H42N8O6S2/c60-28-54-36-3-9-42-30(22-36)19-34-26-40(7-13-46(34)42)58-50(62)64-17-1-15-52-48(66)56-38-5-11-44-32(24-38)21-33-25-39(6-12-45(33)44)57-49(67)53-16-2-18-65-51(63)59-41-8-14-47-35(27-41)20-31-23-37(55-29-61)4-10-43(31)47/h3-14,22-27H,1-2,15-21H2,(H,58,62)(H,59,63)(H2,52,56,66)(H2,53,57,67). The predicted octanol–water partition coefficient (Wildman–Crippen LogP) is 10.2. The number of thiocarbonyl (C=S) groups is 2. The van der Waals surface area contributed by atoms with E-state index in [1.54, 1.807) is 24.3 Å². The molecule has 0 bridgehead atoms. The number of anilines is 4. The number of benzene rings is 6. The Kier molecular flexibility index (Phi) is 13.2. The van der Waals surface area contributed by atoms with Gasteiger partial charge in [0.25, 0.3) is 0 Å². The topological polar surface area (TPSA) is 184 Å². The highest BCUT2D eigenvalue weighted by Crippen LogP contribution is 2.42. The molecular formula is C51H42N8O6S2. The Balaban J connectivity index is 0.647. The molecule has 16 heteroatoms. The maximum Gasteiger partial charge on any atom is 0.411 e. The second-order valence-electron chi connectivity index (χ2n) is 16.1. The van der Waals surface area contributed by atoms with E-state index in [0.717, 1.165) is 62.3 Å². The summed E-state index contributed by atoms with van der Waals surface area (Å²) in [6.45, 7) is 1.44. The fourth-order valence-electron chi connectivity index (χ4n) is 8.70. The number of carbonyl (C=O) groups excluding carboxylic acids is 4. The molecule has 334 valence electrons. The van der Waals surface area contributed by atoms with Crippen LogP contribution in [0.15, 0.2) is 119 Å². The van der Waals surface area contributed by atoms with Crippen molar-refractivity contribution in [2.45, 2.75) is 32.1 Å². The van der Waals surface area contributed by atoms with Gasteiger partial charge in [0.15, 0.2) is 10.2 Å². The van der Waals surface area contributed by atoms with Gasteiger partial charge in [0.05, 0.1) is 24.6 Å². The maximum absolute atomic E-state index is 12.5. The van der Waals surface area contributed by atoms with Crippen LogP contribution in [0.2, 0.25) is 0 Å². The summed E-state index contributed by atoms with van der Waals surface area (Å²) in [5.41, 5.74) is 17.5. The summed E-state index contributed by atoms with van der Waals surface area (Å²) in [4.78, 5) is 53.8. The maximum atomic E-state index is 12.5. The van der Waals surface area contributed by atoms with Gasteiger partial charge in [-0.25, -0.2) is 19.2 Å². The van der Waals surface area contributed by atoms with Gasteiger partial charge in [-0.3, -0.25) is 10.6 Å². The van der Waals surface area contributed by atoms with Crippen LogP contribution in [-0.4, -0.2) is 60.9 Å². The molecule has 0 aromatic heterocycles. The van der Waals surface area contributed by atoms with Gasteiger partial charge in [0, 0.05) is 35.8 Å². The zero-order chi connectivity index (χ0) is 46.3. The minimum atomic E-state index is -0.535. The van der Waals surface area contributed by atoms with E-state index >= 15 is 0 Å². The fourth-order valence-corrected chi connectivity index (χ4v) is 9.14. The van der Waals surface area contributed by atoms with E-state index in [9.17, 15) is 19.2 Å². The van der Waals surface area contributed by atoms with Gasteiger partial charge in [-0.1, -0.05) is 36.4 Å². The Morgan fingerprint density at radius 3 is 1.12 bits per heavy atom. The summed E-state index contributed by atoms with van der Waals surface area (Å²) < 4.78 is 10.8. The highest BCUT2D eigenvalue weighted by molar-refractivity contribution is 7.80. The van der Waals surface area contributed by atoms with Crippen molar-refractivity contribution in [3.8, 4) is 33.4 Å². The summed E-state index contributed by atoms with van der Waals surface area (Å²) in [6, 6.07) is 35.1. The number of isocyanates is 2. The minimum Gasteiger partial charge on any atom is -0.449 e. The van der Waals surface area contributed by atoms with Gasteiger partial charge in [-0.15, -0.1) is 0 Å². The zero-order valence-electron chi connectivity index (χ0n) is 35.9. The Morgan fingerprint density at radius 2 is 0.776 bits per heavy atom. The number of rotatable bonds is 14. The van der Waals surface area contributed by atoms with E-state index in [2.05, 4.69) is 66.2 Å². The van der Waals surface area contributed by atoms with Gasteiger partial charge in [-0.2, -0.15) is 9.98 Å². The number of ether oxygens (including phenoxy) is 2. The van der Waals surface area contributed by atoms with E-state index in [0.29, 0.717) is 71.7 Å². The van der Waals surface area contributed by atoms with E-state index in [1.807, 2.05) is 72.8 Å². The van der Waals surface area contributed by atoms with Crippen LogP contribution in [-0.2, 0) is 38.3 Å². The second kappa shape index (κ2) is 20.0. The Labute approximate surface area is 396 Å². The molecule has 3 aliphatic carbocycles. The molecule has 9 rings (SSSR count). The molecule has 3 aliphatic rings. The van der Waals surface area contributed by atoms with Crippen molar-refractivity contribution in [2.75, 3.05) is 47.6 Å². The van der Waals surface area contributed by atoms with Gasteiger partial charge in [0.1, 0.15) is 0 Å². The molecule has 2 amide bonds. The summed E-state index contributed by atoms with van der Waals surface area (Å²) in [5.74, 6) is 0. The number of carbonyl (C=O) groups is 2. The monoisotopic (exact) mass is 926 g/mol. The highest BCUT2D eigenvalue weighted by Gasteiger charge is 2.22. The van der Waals surface area contributed by atoms with Crippen LogP contribution in [0.4, 0.5) is 43.7 Å². The number of hydrogen-bond acceptors (Lipinski definition) is 10. The van der Waals surface area contributed by atoms with Crippen LogP contribution in [0.5, 0.6) is 0 Å². The van der Waals surface area contributed by atoms with E-state index in [4.69, 9.17) is 33.9 Å². The molecule has 0 saturated heterocycles. The molecule has 0 aliphatic heterocycles. The van der Waals surface area contributed by atoms with Gasteiger partial charge in [-0.05, 0) is 196 Å². The van der Waals surface area contributed by atoms with E-state index in [-0.39, 0.29) is 13.2 Å². The highest BCUT2D eigenvalue weighted by atomic mass is 32.1. The summed E-state index contributed by atoms with van der Waals surface area (Å²) >= 11 is 11.1. The molecule has 0 fully saturated rings. The normalized spacial score (nSPS) is 11.7. The second-order valence-corrected chi connectivity index (χ2v) is 16.9. The first-order valence-corrected chi connectivity index (χ1v) is 22.4. The van der Waals surface area contributed by atoms with E-state index in [1.165, 1.54) is 22.3 Å². The average Bonchev–Trinajstić information content (AvgIpc) is 3.98. The van der Waals surface area contributed by atoms with Crippen molar-refractivity contribution >= 4 is 93.1 Å². The lowest BCUT2D eigenvalue weighted by Gasteiger charge is -2.12. The number of amides is 2. The summed E-state index contributed by atoms with van der Waals surface area (Å²) in [7, 11) is 0. The Morgan fingerprint density at radius 1 is 0.463 bits per heavy atom. The number of fused-ring (bicyclic) bond motifs is 9. The van der Waals surface area contributed by atoms with Crippen LogP contribution < -0.4 is 31.9 Å². The van der Waals surface area contributed by atoms with E-state index < -0.39 is 12.2 Å². The first kappa shape index (κ1) is 44.2.